The average Bonchev–Trinajstić information content (AvgIpc) is 2.17. The Kier molecular flexibility index (Phi) is 3.17. The number of benzene rings is 1. The molecule has 0 aliphatic carbocycles. The van der Waals surface area contributed by atoms with Crippen molar-refractivity contribution in [1.82, 2.24) is 0 Å². The van der Waals surface area contributed by atoms with Crippen LogP contribution in [0.2, 0.25) is 0 Å². The van der Waals surface area contributed by atoms with Crippen molar-refractivity contribution in [2.75, 3.05) is 7.11 Å². The van der Waals surface area contributed by atoms with Crippen molar-refractivity contribution in [2.45, 2.75) is 26.3 Å². The van der Waals surface area contributed by atoms with Crippen molar-refractivity contribution in [1.29, 1.82) is 0 Å². The first-order valence-corrected chi connectivity index (χ1v) is 4.92. The van der Waals surface area contributed by atoms with Crippen LogP contribution in [0.5, 0.6) is 5.75 Å². The summed E-state index contributed by atoms with van der Waals surface area (Å²) in [5, 5.41) is 0. The van der Waals surface area contributed by atoms with E-state index in [2.05, 4.69) is 13.8 Å². The van der Waals surface area contributed by atoms with E-state index < -0.39 is 0 Å². The highest BCUT2D eigenvalue weighted by Gasteiger charge is 2.25. The molecule has 14 heavy (non-hydrogen) atoms. The monoisotopic (exact) mass is 193 g/mol. The van der Waals surface area contributed by atoms with Gasteiger partial charge in [0.1, 0.15) is 5.75 Å². The highest BCUT2D eigenvalue weighted by Crippen LogP contribution is 2.28. The second kappa shape index (κ2) is 4.01. The summed E-state index contributed by atoms with van der Waals surface area (Å²) in [7, 11) is 1.67. The number of rotatable bonds is 3. The minimum atomic E-state index is -0.297. The summed E-state index contributed by atoms with van der Waals surface area (Å²) < 4.78 is 5.17. The lowest BCUT2D eigenvalue weighted by Gasteiger charge is -2.29. The fraction of sp³-hybridized carbons (Fsp3) is 0.500. The van der Waals surface area contributed by atoms with Crippen LogP contribution in [0.3, 0.4) is 0 Å². The van der Waals surface area contributed by atoms with Crippen molar-refractivity contribution in [3.05, 3.63) is 29.8 Å². The molecule has 0 aliphatic heterocycles. The molecule has 0 aromatic heterocycles. The smallest absolute Gasteiger partial charge is 0.119 e. The van der Waals surface area contributed by atoms with Gasteiger partial charge in [-0.05, 0) is 30.5 Å². The van der Waals surface area contributed by atoms with Crippen LogP contribution in [0.1, 0.15) is 26.3 Å². The second-order valence-corrected chi connectivity index (χ2v) is 4.17. The molecule has 0 aliphatic rings. The van der Waals surface area contributed by atoms with Gasteiger partial charge in [0.25, 0.3) is 0 Å². The summed E-state index contributed by atoms with van der Waals surface area (Å²) in [5.74, 6) is 1.26. The molecule has 0 bridgehead atoms. The standard InChI is InChI=1S/C12H19NO/c1-9(2)12(3,13)10-6-5-7-11(8-10)14-4/h5-9H,13H2,1-4H3/t12-/m1/s1. The van der Waals surface area contributed by atoms with Gasteiger partial charge in [-0.1, -0.05) is 26.0 Å². The fourth-order valence-electron chi connectivity index (χ4n) is 1.29. The number of ether oxygens (including phenoxy) is 1. The SMILES string of the molecule is COc1cccc([C@](C)(N)C(C)C)c1. The zero-order chi connectivity index (χ0) is 10.8. The van der Waals surface area contributed by atoms with Crippen molar-refractivity contribution in [2.24, 2.45) is 11.7 Å². The molecule has 0 saturated carbocycles. The van der Waals surface area contributed by atoms with E-state index in [0.29, 0.717) is 5.92 Å². The minimum Gasteiger partial charge on any atom is -0.497 e. The van der Waals surface area contributed by atoms with Crippen LogP contribution in [-0.4, -0.2) is 7.11 Å². The maximum Gasteiger partial charge on any atom is 0.119 e. The predicted octanol–water partition coefficient (Wildman–Crippen LogP) is 2.53. The Labute approximate surface area is 86.1 Å². The third-order valence-electron chi connectivity index (χ3n) is 2.89. The molecular weight excluding hydrogens is 174 g/mol. The van der Waals surface area contributed by atoms with Gasteiger partial charge in [0.05, 0.1) is 7.11 Å². The number of hydrogen-bond donors (Lipinski definition) is 1. The predicted molar refractivity (Wildman–Crippen MR) is 59.4 cm³/mol. The molecule has 1 aromatic rings. The second-order valence-electron chi connectivity index (χ2n) is 4.17. The first kappa shape index (κ1) is 11.1. The fourth-order valence-corrected chi connectivity index (χ4v) is 1.29. The Balaban J connectivity index is 3.06. The van der Waals surface area contributed by atoms with E-state index in [1.165, 1.54) is 0 Å². The molecule has 78 valence electrons. The number of methoxy groups -OCH3 is 1. The highest BCUT2D eigenvalue weighted by molar-refractivity contribution is 5.33. The maximum atomic E-state index is 6.25. The summed E-state index contributed by atoms with van der Waals surface area (Å²) in [5.41, 5.74) is 7.07. The quantitative estimate of drug-likeness (QED) is 0.800. The topological polar surface area (TPSA) is 35.2 Å². The molecule has 0 unspecified atom stereocenters. The lowest BCUT2D eigenvalue weighted by atomic mass is 9.83. The third-order valence-corrected chi connectivity index (χ3v) is 2.89. The summed E-state index contributed by atoms with van der Waals surface area (Å²) >= 11 is 0. The Hall–Kier alpha value is -1.02. The van der Waals surface area contributed by atoms with Gasteiger partial charge in [0, 0.05) is 5.54 Å². The molecule has 2 N–H and O–H groups in total. The van der Waals surface area contributed by atoms with Gasteiger partial charge < -0.3 is 10.5 Å². The Morgan fingerprint density at radius 1 is 1.36 bits per heavy atom. The van der Waals surface area contributed by atoms with Crippen LogP contribution < -0.4 is 10.5 Å². The maximum absolute atomic E-state index is 6.25. The lowest BCUT2D eigenvalue weighted by molar-refractivity contribution is 0.347. The van der Waals surface area contributed by atoms with Gasteiger partial charge >= 0.3 is 0 Å². The molecule has 0 fully saturated rings. The van der Waals surface area contributed by atoms with E-state index >= 15 is 0 Å². The van der Waals surface area contributed by atoms with E-state index in [1.54, 1.807) is 7.11 Å². The average molecular weight is 193 g/mol. The van der Waals surface area contributed by atoms with Crippen molar-refractivity contribution in [3.63, 3.8) is 0 Å². The molecule has 0 spiro atoms. The van der Waals surface area contributed by atoms with Gasteiger partial charge in [-0.3, -0.25) is 0 Å². The normalized spacial score (nSPS) is 15.3. The van der Waals surface area contributed by atoms with Gasteiger partial charge in [0.2, 0.25) is 0 Å². The first-order chi connectivity index (χ1) is 6.48. The van der Waals surface area contributed by atoms with Crippen molar-refractivity contribution >= 4 is 0 Å². The molecular formula is C12H19NO. The zero-order valence-electron chi connectivity index (χ0n) is 9.37. The molecule has 1 rings (SSSR count). The van der Waals surface area contributed by atoms with Crippen LogP contribution in [0.15, 0.2) is 24.3 Å². The molecule has 0 heterocycles. The molecule has 1 aromatic carbocycles. The van der Waals surface area contributed by atoms with Gasteiger partial charge in [-0.15, -0.1) is 0 Å². The molecule has 0 amide bonds. The van der Waals surface area contributed by atoms with Crippen LogP contribution in [0.25, 0.3) is 0 Å². The van der Waals surface area contributed by atoms with E-state index in [9.17, 15) is 0 Å². The summed E-state index contributed by atoms with van der Waals surface area (Å²) in [6.07, 6.45) is 0. The van der Waals surface area contributed by atoms with Gasteiger partial charge in [-0.2, -0.15) is 0 Å². The van der Waals surface area contributed by atoms with Crippen LogP contribution in [-0.2, 0) is 5.54 Å². The Bertz CT molecular complexity index is 305. The van der Waals surface area contributed by atoms with Crippen LogP contribution in [0.4, 0.5) is 0 Å². The van der Waals surface area contributed by atoms with Crippen LogP contribution in [0, 0.1) is 5.92 Å². The largest absolute Gasteiger partial charge is 0.497 e. The van der Waals surface area contributed by atoms with E-state index in [-0.39, 0.29) is 5.54 Å². The van der Waals surface area contributed by atoms with Crippen molar-refractivity contribution in [3.8, 4) is 5.75 Å². The Morgan fingerprint density at radius 2 is 2.00 bits per heavy atom. The molecule has 0 saturated heterocycles. The van der Waals surface area contributed by atoms with E-state index in [1.807, 2.05) is 31.2 Å². The molecule has 2 heteroatoms. The van der Waals surface area contributed by atoms with E-state index in [4.69, 9.17) is 10.5 Å². The molecule has 0 radical (unpaired) electrons. The number of hydrogen-bond acceptors (Lipinski definition) is 2. The zero-order valence-corrected chi connectivity index (χ0v) is 9.37. The minimum absolute atomic E-state index is 0.297. The van der Waals surface area contributed by atoms with Crippen molar-refractivity contribution < 1.29 is 4.74 Å². The molecule has 1 atom stereocenters. The Morgan fingerprint density at radius 3 is 2.50 bits per heavy atom. The summed E-state index contributed by atoms with van der Waals surface area (Å²) in [6, 6.07) is 7.95. The number of nitrogens with two attached hydrogens (primary N) is 1. The first-order valence-electron chi connectivity index (χ1n) is 4.92. The molecule has 2 nitrogen and oxygen atoms in total. The third kappa shape index (κ3) is 2.07. The van der Waals surface area contributed by atoms with Gasteiger partial charge in [-0.25, -0.2) is 0 Å². The van der Waals surface area contributed by atoms with Gasteiger partial charge in [0.15, 0.2) is 0 Å². The summed E-state index contributed by atoms with van der Waals surface area (Å²) in [4.78, 5) is 0. The van der Waals surface area contributed by atoms with E-state index in [0.717, 1.165) is 11.3 Å². The summed E-state index contributed by atoms with van der Waals surface area (Å²) in [6.45, 7) is 6.30. The lowest BCUT2D eigenvalue weighted by Crippen LogP contribution is -2.38. The van der Waals surface area contributed by atoms with Crippen LogP contribution >= 0.6 is 0 Å². The highest BCUT2D eigenvalue weighted by atomic mass is 16.5.